The van der Waals surface area contributed by atoms with Crippen LogP contribution in [0.25, 0.3) is 0 Å². The highest BCUT2D eigenvalue weighted by Crippen LogP contribution is 2.25. The van der Waals surface area contributed by atoms with Gasteiger partial charge >= 0.3 is 0 Å². The molecular formula is C11H10ClN3OS2. The van der Waals surface area contributed by atoms with Crippen molar-refractivity contribution < 1.29 is 4.79 Å². The quantitative estimate of drug-likeness (QED) is 0.880. The summed E-state index contributed by atoms with van der Waals surface area (Å²) < 4.78 is 0. The van der Waals surface area contributed by atoms with Crippen molar-refractivity contribution in [2.45, 2.75) is 17.1 Å². The third-order valence-electron chi connectivity index (χ3n) is 2.09. The van der Waals surface area contributed by atoms with E-state index in [4.69, 9.17) is 11.6 Å². The number of hydrogen-bond acceptors (Lipinski definition) is 5. The summed E-state index contributed by atoms with van der Waals surface area (Å²) >= 11 is 8.57. The molecule has 0 fully saturated rings. The Morgan fingerprint density at radius 3 is 2.78 bits per heavy atom. The van der Waals surface area contributed by atoms with Gasteiger partial charge in [0, 0.05) is 9.92 Å². The van der Waals surface area contributed by atoms with Crippen LogP contribution >= 0.6 is 34.7 Å². The van der Waals surface area contributed by atoms with Crippen molar-refractivity contribution in [1.29, 1.82) is 0 Å². The Labute approximate surface area is 118 Å². The maximum absolute atomic E-state index is 11.9. The Balaban J connectivity index is 1.93. The van der Waals surface area contributed by atoms with E-state index in [0.717, 1.165) is 4.90 Å². The molecule has 0 spiro atoms. The predicted octanol–water partition coefficient (Wildman–Crippen LogP) is 3.31. The molecule has 18 heavy (non-hydrogen) atoms. The van der Waals surface area contributed by atoms with E-state index in [9.17, 15) is 4.79 Å². The fraction of sp³-hybridized carbons (Fsp3) is 0.182. The second-order valence-corrected chi connectivity index (χ2v) is 6.13. The van der Waals surface area contributed by atoms with Gasteiger partial charge in [0.15, 0.2) is 0 Å². The molecule has 0 aliphatic rings. The highest BCUT2D eigenvalue weighted by Gasteiger charge is 2.15. The van der Waals surface area contributed by atoms with Gasteiger partial charge in [-0.25, -0.2) is 0 Å². The number of nitrogens with one attached hydrogen (secondary N) is 1. The van der Waals surface area contributed by atoms with Crippen molar-refractivity contribution in [2.24, 2.45) is 0 Å². The molecule has 1 atom stereocenters. The second-order valence-electron chi connectivity index (χ2n) is 3.45. The molecule has 1 aromatic heterocycles. The van der Waals surface area contributed by atoms with Crippen molar-refractivity contribution in [3.63, 3.8) is 0 Å². The van der Waals surface area contributed by atoms with Gasteiger partial charge in [0.25, 0.3) is 0 Å². The monoisotopic (exact) mass is 299 g/mol. The molecule has 0 unspecified atom stereocenters. The minimum Gasteiger partial charge on any atom is -0.300 e. The normalized spacial score (nSPS) is 12.1. The van der Waals surface area contributed by atoms with Crippen molar-refractivity contribution in [3.8, 4) is 0 Å². The van der Waals surface area contributed by atoms with Crippen LogP contribution in [0, 0.1) is 0 Å². The smallest absolute Gasteiger partial charge is 0.239 e. The summed E-state index contributed by atoms with van der Waals surface area (Å²) in [7, 11) is 0. The van der Waals surface area contributed by atoms with E-state index >= 15 is 0 Å². The van der Waals surface area contributed by atoms with Crippen LogP contribution in [0.5, 0.6) is 0 Å². The van der Waals surface area contributed by atoms with Crippen LogP contribution in [-0.2, 0) is 4.79 Å². The van der Waals surface area contributed by atoms with E-state index in [0.29, 0.717) is 10.2 Å². The number of halogens is 1. The molecular weight excluding hydrogens is 290 g/mol. The fourth-order valence-corrected chi connectivity index (χ4v) is 2.65. The number of aromatic nitrogens is 2. The number of nitrogens with zero attached hydrogens (tertiary/aromatic N) is 2. The molecule has 0 aliphatic carbocycles. The average molecular weight is 300 g/mol. The Hall–Kier alpha value is -1.11. The van der Waals surface area contributed by atoms with Crippen molar-refractivity contribution >= 4 is 45.7 Å². The van der Waals surface area contributed by atoms with E-state index < -0.39 is 0 Å². The first-order chi connectivity index (χ1) is 8.65. The molecule has 0 saturated heterocycles. The summed E-state index contributed by atoms with van der Waals surface area (Å²) in [4.78, 5) is 12.9. The molecule has 1 amide bonds. The van der Waals surface area contributed by atoms with Gasteiger partial charge in [-0.2, -0.15) is 0 Å². The minimum atomic E-state index is -0.213. The number of thioether (sulfide) groups is 1. The lowest BCUT2D eigenvalue weighted by Crippen LogP contribution is -2.22. The largest absolute Gasteiger partial charge is 0.300 e. The number of anilines is 1. The number of carbonyl (C=O) groups excluding carboxylic acids is 1. The van der Waals surface area contributed by atoms with Gasteiger partial charge in [0.2, 0.25) is 11.0 Å². The Morgan fingerprint density at radius 2 is 2.17 bits per heavy atom. The lowest BCUT2D eigenvalue weighted by atomic mass is 10.4. The second kappa shape index (κ2) is 6.17. The van der Waals surface area contributed by atoms with E-state index in [2.05, 4.69) is 15.5 Å². The first-order valence-corrected chi connectivity index (χ1v) is 7.28. The van der Waals surface area contributed by atoms with Crippen molar-refractivity contribution in [1.82, 2.24) is 10.2 Å². The van der Waals surface area contributed by atoms with Crippen LogP contribution in [0.2, 0.25) is 5.02 Å². The zero-order valence-corrected chi connectivity index (χ0v) is 11.9. The highest BCUT2D eigenvalue weighted by molar-refractivity contribution is 8.00. The standard InChI is InChI=1S/C11H10ClN3OS2/c1-7(10(16)14-11-15-13-6-17-11)18-9-4-2-8(12)3-5-9/h2-7H,1H3,(H,14,15,16)/t7-/m1/s1. The zero-order chi connectivity index (χ0) is 13.0. The van der Waals surface area contributed by atoms with E-state index in [-0.39, 0.29) is 11.2 Å². The third kappa shape index (κ3) is 3.69. The fourth-order valence-electron chi connectivity index (χ4n) is 1.21. The molecule has 0 aliphatic heterocycles. The summed E-state index contributed by atoms with van der Waals surface area (Å²) in [6.07, 6.45) is 0. The van der Waals surface area contributed by atoms with Gasteiger partial charge in [-0.05, 0) is 31.2 Å². The number of benzene rings is 1. The number of carbonyl (C=O) groups is 1. The van der Waals surface area contributed by atoms with Gasteiger partial charge in [-0.15, -0.1) is 22.0 Å². The van der Waals surface area contributed by atoms with E-state index in [1.165, 1.54) is 23.1 Å². The topological polar surface area (TPSA) is 54.9 Å². The highest BCUT2D eigenvalue weighted by atomic mass is 35.5. The molecule has 0 bridgehead atoms. The number of amides is 1. The van der Waals surface area contributed by atoms with Gasteiger partial charge in [0.1, 0.15) is 5.51 Å². The van der Waals surface area contributed by atoms with Crippen LogP contribution in [0.1, 0.15) is 6.92 Å². The minimum absolute atomic E-state index is 0.0910. The molecule has 2 aromatic rings. The summed E-state index contributed by atoms with van der Waals surface area (Å²) in [5.74, 6) is -0.0910. The molecule has 7 heteroatoms. The van der Waals surface area contributed by atoms with E-state index in [1.807, 2.05) is 19.1 Å². The van der Waals surface area contributed by atoms with Crippen LogP contribution < -0.4 is 5.32 Å². The molecule has 94 valence electrons. The third-order valence-corrected chi connectivity index (χ3v) is 4.06. The lowest BCUT2D eigenvalue weighted by molar-refractivity contribution is -0.115. The van der Waals surface area contributed by atoms with Crippen molar-refractivity contribution in [2.75, 3.05) is 5.32 Å². The molecule has 1 aromatic carbocycles. The molecule has 4 nitrogen and oxygen atoms in total. The van der Waals surface area contributed by atoms with Crippen LogP contribution in [0.4, 0.5) is 5.13 Å². The Morgan fingerprint density at radius 1 is 1.44 bits per heavy atom. The Bertz CT molecular complexity index is 516. The Kier molecular flexibility index (Phi) is 4.57. The lowest BCUT2D eigenvalue weighted by Gasteiger charge is -2.10. The van der Waals surface area contributed by atoms with Crippen LogP contribution in [-0.4, -0.2) is 21.4 Å². The average Bonchev–Trinajstić information content (AvgIpc) is 2.85. The molecule has 1 N–H and O–H groups in total. The SMILES string of the molecule is C[C@@H](Sc1ccc(Cl)cc1)C(=O)Nc1nncs1. The molecule has 0 saturated carbocycles. The predicted molar refractivity (Wildman–Crippen MR) is 75.3 cm³/mol. The van der Waals surface area contributed by atoms with Crippen LogP contribution in [0.3, 0.4) is 0 Å². The van der Waals surface area contributed by atoms with E-state index in [1.54, 1.807) is 17.6 Å². The first-order valence-electron chi connectivity index (χ1n) is 5.14. The van der Waals surface area contributed by atoms with Crippen molar-refractivity contribution in [3.05, 3.63) is 34.8 Å². The summed E-state index contributed by atoms with van der Waals surface area (Å²) in [6, 6.07) is 7.39. The number of hydrogen-bond donors (Lipinski definition) is 1. The first kappa shape index (κ1) is 13.3. The van der Waals surface area contributed by atoms with Gasteiger partial charge in [-0.1, -0.05) is 22.9 Å². The molecule has 1 heterocycles. The number of rotatable bonds is 4. The van der Waals surface area contributed by atoms with Gasteiger partial charge in [-0.3, -0.25) is 10.1 Å². The summed E-state index contributed by atoms with van der Waals surface area (Å²) in [5, 5.41) is 11.1. The molecule has 0 radical (unpaired) electrons. The van der Waals surface area contributed by atoms with Crippen LogP contribution in [0.15, 0.2) is 34.7 Å². The van der Waals surface area contributed by atoms with Gasteiger partial charge in [0.05, 0.1) is 5.25 Å². The van der Waals surface area contributed by atoms with Gasteiger partial charge < -0.3 is 0 Å². The zero-order valence-electron chi connectivity index (χ0n) is 9.46. The summed E-state index contributed by atoms with van der Waals surface area (Å²) in [6.45, 7) is 1.84. The maximum atomic E-state index is 11.9. The maximum Gasteiger partial charge on any atom is 0.239 e. The molecule has 2 rings (SSSR count). The summed E-state index contributed by atoms with van der Waals surface area (Å²) in [5.41, 5.74) is 1.58.